The third kappa shape index (κ3) is 5.54. The number of rotatable bonds is 4. The van der Waals surface area contributed by atoms with Gasteiger partial charge in [0.05, 0.1) is 5.02 Å². The van der Waals surface area contributed by atoms with E-state index in [0.29, 0.717) is 10.8 Å². The molecule has 15 heavy (non-hydrogen) atoms. The first kappa shape index (κ1) is 12.2. The van der Waals surface area contributed by atoms with E-state index < -0.39 is 0 Å². The lowest BCUT2D eigenvalue weighted by molar-refractivity contribution is -0.109. The van der Waals surface area contributed by atoms with Gasteiger partial charge in [0, 0.05) is 25.1 Å². The number of allylic oxidation sites excluding steroid dienone is 1. The number of carbonyl (C=O) groups excluding carboxylic acids is 1. The Balaban J connectivity index is 2.32. The monoisotopic (exact) mass is 242 g/mol. The number of thioether (sulfide) groups is 1. The third-order valence-electron chi connectivity index (χ3n) is 1.50. The zero-order valence-corrected chi connectivity index (χ0v) is 9.88. The van der Waals surface area contributed by atoms with Crippen LogP contribution in [0.5, 0.6) is 0 Å². The van der Waals surface area contributed by atoms with Crippen LogP contribution in [0.4, 0.5) is 0 Å². The molecule has 1 aromatic rings. The summed E-state index contributed by atoms with van der Waals surface area (Å²) >= 11 is 6.96. The molecular weight excluding hydrogens is 232 g/mol. The fourth-order valence-corrected chi connectivity index (χ4v) is 1.51. The van der Waals surface area contributed by atoms with E-state index in [-0.39, 0.29) is 5.12 Å². The van der Waals surface area contributed by atoms with Crippen LogP contribution in [0.1, 0.15) is 19.2 Å². The van der Waals surface area contributed by atoms with Crippen LogP contribution in [-0.4, -0.2) is 20.8 Å². The minimum Gasteiger partial charge on any atom is -0.288 e. The van der Waals surface area contributed by atoms with E-state index in [4.69, 9.17) is 11.6 Å². The van der Waals surface area contributed by atoms with Gasteiger partial charge in [-0.05, 0) is 12.5 Å². The van der Waals surface area contributed by atoms with Gasteiger partial charge in [-0.15, -0.1) is 0 Å². The first-order valence-electron chi connectivity index (χ1n) is 4.46. The summed E-state index contributed by atoms with van der Waals surface area (Å²) in [5, 5.41) is 0.672. The number of nitrogens with zero attached hydrogens (tertiary/aromatic N) is 2. The molecule has 5 heteroatoms. The van der Waals surface area contributed by atoms with Crippen molar-refractivity contribution in [2.45, 2.75) is 13.3 Å². The van der Waals surface area contributed by atoms with Gasteiger partial charge < -0.3 is 0 Å². The van der Waals surface area contributed by atoms with Gasteiger partial charge in [0.15, 0.2) is 10.9 Å². The van der Waals surface area contributed by atoms with Crippen molar-refractivity contribution in [1.82, 2.24) is 9.97 Å². The molecule has 1 rings (SSSR count). The Morgan fingerprint density at radius 2 is 2.20 bits per heavy atom. The van der Waals surface area contributed by atoms with Crippen LogP contribution in [-0.2, 0) is 4.79 Å². The van der Waals surface area contributed by atoms with Gasteiger partial charge in [-0.1, -0.05) is 29.4 Å². The normalized spacial score (nSPS) is 10.8. The Morgan fingerprint density at radius 1 is 1.53 bits per heavy atom. The van der Waals surface area contributed by atoms with Crippen molar-refractivity contribution in [2.24, 2.45) is 0 Å². The summed E-state index contributed by atoms with van der Waals surface area (Å²) < 4.78 is 0. The minimum atomic E-state index is 0.145. The topological polar surface area (TPSA) is 42.9 Å². The number of halogens is 1. The van der Waals surface area contributed by atoms with Crippen molar-refractivity contribution in [3.8, 4) is 0 Å². The second-order valence-electron chi connectivity index (χ2n) is 2.79. The predicted molar refractivity (Wildman–Crippen MR) is 63.8 cm³/mol. The van der Waals surface area contributed by atoms with Gasteiger partial charge in [-0.25, -0.2) is 9.97 Å². The Hall–Kier alpha value is -0.870. The van der Waals surface area contributed by atoms with Gasteiger partial charge in [-0.2, -0.15) is 0 Å². The van der Waals surface area contributed by atoms with Crippen LogP contribution in [0.3, 0.4) is 0 Å². The summed E-state index contributed by atoms with van der Waals surface area (Å²) in [6, 6.07) is 0. The second kappa shape index (κ2) is 6.58. The Kier molecular flexibility index (Phi) is 5.36. The molecule has 0 atom stereocenters. The number of hydrogen-bond acceptors (Lipinski definition) is 4. The summed E-state index contributed by atoms with van der Waals surface area (Å²) in [7, 11) is 0. The van der Waals surface area contributed by atoms with E-state index in [9.17, 15) is 4.79 Å². The third-order valence-corrected chi connectivity index (χ3v) is 2.54. The van der Waals surface area contributed by atoms with Gasteiger partial charge in [0.2, 0.25) is 0 Å². The smallest absolute Gasteiger partial charge is 0.185 e. The van der Waals surface area contributed by atoms with Crippen LogP contribution in [0, 0.1) is 0 Å². The highest BCUT2D eigenvalue weighted by Gasteiger charge is 1.92. The molecule has 0 N–H and O–H groups in total. The van der Waals surface area contributed by atoms with Crippen LogP contribution >= 0.6 is 23.4 Å². The zero-order chi connectivity index (χ0) is 11.1. The van der Waals surface area contributed by atoms with Crippen molar-refractivity contribution < 1.29 is 4.79 Å². The van der Waals surface area contributed by atoms with Crippen LogP contribution in [0.15, 0.2) is 18.5 Å². The lowest BCUT2D eigenvalue weighted by atomic mass is 10.4. The van der Waals surface area contributed by atoms with E-state index in [1.807, 2.05) is 12.2 Å². The molecule has 0 amide bonds. The van der Waals surface area contributed by atoms with E-state index in [2.05, 4.69) is 9.97 Å². The van der Waals surface area contributed by atoms with E-state index in [1.165, 1.54) is 11.8 Å². The number of hydrogen-bond donors (Lipinski definition) is 0. The number of carbonyl (C=O) groups is 1. The molecule has 0 saturated carbocycles. The average Bonchev–Trinajstić information content (AvgIpc) is 2.20. The van der Waals surface area contributed by atoms with E-state index >= 15 is 0 Å². The van der Waals surface area contributed by atoms with Crippen molar-refractivity contribution in [3.63, 3.8) is 0 Å². The van der Waals surface area contributed by atoms with Crippen molar-refractivity contribution >= 4 is 34.6 Å². The molecule has 0 aromatic carbocycles. The Labute approximate surface area is 98.0 Å². The minimum absolute atomic E-state index is 0.145. The average molecular weight is 243 g/mol. The fraction of sp³-hybridized carbons (Fsp3) is 0.300. The molecule has 3 nitrogen and oxygen atoms in total. The Morgan fingerprint density at radius 3 is 2.80 bits per heavy atom. The summed E-state index contributed by atoms with van der Waals surface area (Å²) in [5.41, 5.74) is 0. The van der Waals surface area contributed by atoms with Gasteiger partial charge in [0.1, 0.15) is 0 Å². The molecular formula is C10H11ClN2OS. The molecule has 0 radical (unpaired) electrons. The molecule has 0 aliphatic rings. The van der Waals surface area contributed by atoms with Crippen molar-refractivity contribution in [2.75, 3.05) is 5.75 Å². The summed E-state index contributed by atoms with van der Waals surface area (Å²) in [6.07, 6.45) is 7.70. The standard InChI is InChI=1S/C10H11ClN2OS/c1-8(14)15-5-3-2-4-10-12-6-9(11)7-13-10/h2,4,6-7H,3,5H2,1H3. The lowest BCUT2D eigenvalue weighted by Gasteiger charge is -1.93. The first-order chi connectivity index (χ1) is 7.18. The molecule has 0 bridgehead atoms. The number of aromatic nitrogens is 2. The van der Waals surface area contributed by atoms with E-state index in [1.54, 1.807) is 19.3 Å². The van der Waals surface area contributed by atoms with Crippen molar-refractivity contribution in [3.05, 3.63) is 29.3 Å². The van der Waals surface area contributed by atoms with Gasteiger partial charge in [-0.3, -0.25) is 4.79 Å². The highest BCUT2D eigenvalue weighted by atomic mass is 35.5. The first-order valence-corrected chi connectivity index (χ1v) is 5.82. The summed E-state index contributed by atoms with van der Waals surface area (Å²) in [4.78, 5) is 18.6. The lowest BCUT2D eigenvalue weighted by Crippen LogP contribution is -1.86. The molecule has 0 fully saturated rings. The molecule has 1 aromatic heterocycles. The predicted octanol–water partition coefficient (Wildman–Crippen LogP) is 2.81. The highest BCUT2D eigenvalue weighted by molar-refractivity contribution is 8.13. The molecule has 0 aliphatic heterocycles. The second-order valence-corrected chi connectivity index (χ2v) is 4.50. The van der Waals surface area contributed by atoms with Gasteiger partial charge >= 0.3 is 0 Å². The maximum Gasteiger partial charge on any atom is 0.185 e. The maximum absolute atomic E-state index is 10.6. The fourth-order valence-electron chi connectivity index (χ4n) is 0.868. The zero-order valence-electron chi connectivity index (χ0n) is 8.31. The summed E-state index contributed by atoms with van der Waals surface area (Å²) in [5.74, 6) is 1.42. The van der Waals surface area contributed by atoms with Crippen LogP contribution in [0.25, 0.3) is 6.08 Å². The molecule has 80 valence electrons. The molecule has 0 aliphatic carbocycles. The van der Waals surface area contributed by atoms with Crippen LogP contribution < -0.4 is 0 Å². The highest BCUT2D eigenvalue weighted by Crippen LogP contribution is 2.06. The maximum atomic E-state index is 10.6. The quantitative estimate of drug-likeness (QED) is 0.762. The largest absolute Gasteiger partial charge is 0.288 e. The Bertz CT molecular complexity index is 351. The summed E-state index contributed by atoms with van der Waals surface area (Å²) in [6.45, 7) is 1.57. The molecule has 0 spiro atoms. The molecule has 0 saturated heterocycles. The SMILES string of the molecule is CC(=O)SCCC=Cc1ncc(Cl)cn1. The molecule has 0 unspecified atom stereocenters. The van der Waals surface area contributed by atoms with Gasteiger partial charge in [0.25, 0.3) is 0 Å². The van der Waals surface area contributed by atoms with E-state index in [0.717, 1.165) is 12.2 Å². The van der Waals surface area contributed by atoms with Crippen LogP contribution in [0.2, 0.25) is 5.02 Å². The molecule has 1 heterocycles. The van der Waals surface area contributed by atoms with Crippen molar-refractivity contribution in [1.29, 1.82) is 0 Å².